The van der Waals surface area contributed by atoms with E-state index in [1.54, 1.807) is 6.07 Å². The lowest BCUT2D eigenvalue weighted by molar-refractivity contribution is 1.31. The zero-order valence-corrected chi connectivity index (χ0v) is 8.62. The molecule has 1 aromatic carbocycles. The van der Waals surface area contributed by atoms with E-state index in [1.807, 2.05) is 30.3 Å². The molecule has 1 heterocycles. The number of hydrogen-bond donors (Lipinski definition) is 0. The van der Waals surface area contributed by atoms with Crippen molar-refractivity contribution in [3.63, 3.8) is 0 Å². The molecule has 0 aliphatic heterocycles. The first-order valence-electron chi connectivity index (χ1n) is 4.46. The lowest BCUT2D eigenvalue weighted by Crippen LogP contribution is -1.86. The average molecular weight is 204 g/mol. The molecule has 14 heavy (non-hydrogen) atoms. The van der Waals surface area contributed by atoms with Crippen LogP contribution in [-0.2, 0) is 0 Å². The summed E-state index contributed by atoms with van der Waals surface area (Å²) in [5.41, 5.74) is 3.27. The number of benzene rings is 1. The summed E-state index contributed by atoms with van der Waals surface area (Å²) in [6, 6.07) is 13.8. The van der Waals surface area contributed by atoms with Gasteiger partial charge < -0.3 is 0 Å². The van der Waals surface area contributed by atoms with Crippen LogP contribution in [0.3, 0.4) is 0 Å². The molecular weight excluding hydrogens is 194 g/mol. The third-order valence-electron chi connectivity index (χ3n) is 2.14. The SMILES string of the molecule is Cc1ccccc1-c1cccc(Cl)n1. The normalized spacial score (nSPS) is 10.1. The third-order valence-corrected chi connectivity index (χ3v) is 2.35. The maximum Gasteiger partial charge on any atom is 0.129 e. The molecule has 1 nitrogen and oxygen atoms in total. The van der Waals surface area contributed by atoms with Crippen LogP contribution < -0.4 is 0 Å². The first-order valence-corrected chi connectivity index (χ1v) is 4.84. The lowest BCUT2D eigenvalue weighted by atomic mass is 10.1. The van der Waals surface area contributed by atoms with Gasteiger partial charge in [-0.05, 0) is 24.6 Å². The van der Waals surface area contributed by atoms with Gasteiger partial charge in [-0.3, -0.25) is 0 Å². The molecule has 0 aliphatic carbocycles. The van der Waals surface area contributed by atoms with Crippen molar-refractivity contribution in [2.24, 2.45) is 0 Å². The van der Waals surface area contributed by atoms with Crippen LogP contribution in [0.4, 0.5) is 0 Å². The highest BCUT2D eigenvalue weighted by Gasteiger charge is 2.01. The van der Waals surface area contributed by atoms with Crippen LogP contribution in [0.1, 0.15) is 5.56 Å². The standard InChI is InChI=1S/C12H10ClN/c1-9-5-2-3-6-10(9)11-7-4-8-12(13)14-11/h2-8H,1H3. The Morgan fingerprint density at radius 3 is 2.50 bits per heavy atom. The zero-order valence-electron chi connectivity index (χ0n) is 7.87. The number of hydrogen-bond acceptors (Lipinski definition) is 1. The van der Waals surface area contributed by atoms with E-state index in [0.29, 0.717) is 5.15 Å². The molecule has 0 N–H and O–H groups in total. The molecular formula is C12H10ClN. The molecule has 2 aromatic rings. The van der Waals surface area contributed by atoms with Crippen molar-refractivity contribution in [1.82, 2.24) is 4.98 Å². The van der Waals surface area contributed by atoms with E-state index in [4.69, 9.17) is 11.6 Å². The Hall–Kier alpha value is -1.34. The van der Waals surface area contributed by atoms with Gasteiger partial charge in [0.15, 0.2) is 0 Å². The summed E-state index contributed by atoms with van der Waals surface area (Å²) in [5, 5.41) is 0.533. The van der Waals surface area contributed by atoms with Crippen LogP contribution in [-0.4, -0.2) is 4.98 Å². The second-order valence-corrected chi connectivity index (χ2v) is 3.55. The predicted molar refractivity (Wildman–Crippen MR) is 59.4 cm³/mol. The van der Waals surface area contributed by atoms with Crippen LogP contribution >= 0.6 is 11.6 Å². The van der Waals surface area contributed by atoms with Gasteiger partial charge in [0.1, 0.15) is 5.15 Å². The Bertz CT molecular complexity index is 452. The molecule has 0 bridgehead atoms. The van der Waals surface area contributed by atoms with Crippen LogP contribution in [0.15, 0.2) is 42.5 Å². The van der Waals surface area contributed by atoms with Gasteiger partial charge in [0.05, 0.1) is 5.69 Å². The number of aromatic nitrogens is 1. The Morgan fingerprint density at radius 2 is 1.79 bits per heavy atom. The Labute approximate surface area is 88.4 Å². The summed E-state index contributed by atoms with van der Waals surface area (Å²) >= 11 is 5.84. The van der Waals surface area contributed by atoms with Crippen molar-refractivity contribution in [3.8, 4) is 11.3 Å². The fourth-order valence-corrected chi connectivity index (χ4v) is 1.58. The quantitative estimate of drug-likeness (QED) is 0.644. The zero-order chi connectivity index (χ0) is 9.97. The van der Waals surface area contributed by atoms with Gasteiger partial charge in [-0.15, -0.1) is 0 Å². The summed E-state index contributed by atoms with van der Waals surface area (Å²) in [5.74, 6) is 0. The molecule has 0 atom stereocenters. The number of nitrogens with zero attached hydrogens (tertiary/aromatic N) is 1. The highest BCUT2D eigenvalue weighted by atomic mass is 35.5. The molecule has 0 unspecified atom stereocenters. The molecule has 0 saturated carbocycles. The summed E-state index contributed by atoms with van der Waals surface area (Å²) in [6.07, 6.45) is 0. The summed E-state index contributed by atoms with van der Waals surface area (Å²) in [6.45, 7) is 2.07. The van der Waals surface area contributed by atoms with Gasteiger partial charge in [0, 0.05) is 5.56 Å². The van der Waals surface area contributed by atoms with Gasteiger partial charge in [-0.2, -0.15) is 0 Å². The van der Waals surface area contributed by atoms with Crippen molar-refractivity contribution < 1.29 is 0 Å². The third kappa shape index (κ3) is 1.78. The van der Waals surface area contributed by atoms with E-state index in [-0.39, 0.29) is 0 Å². The van der Waals surface area contributed by atoms with Crippen molar-refractivity contribution in [2.45, 2.75) is 6.92 Å². The highest BCUT2D eigenvalue weighted by Crippen LogP contribution is 2.21. The van der Waals surface area contributed by atoms with Crippen molar-refractivity contribution in [3.05, 3.63) is 53.2 Å². The molecule has 0 spiro atoms. The molecule has 70 valence electrons. The first-order chi connectivity index (χ1) is 6.77. The summed E-state index contributed by atoms with van der Waals surface area (Å²) in [7, 11) is 0. The summed E-state index contributed by atoms with van der Waals surface area (Å²) < 4.78 is 0. The Kier molecular flexibility index (Phi) is 2.51. The Morgan fingerprint density at radius 1 is 1.00 bits per heavy atom. The number of rotatable bonds is 1. The maximum atomic E-state index is 5.84. The molecule has 2 heteroatoms. The molecule has 0 saturated heterocycles. The van der Waals surface area contributed by atoms with E-state index in [2.05, 4.69) is 18.0 Å². The van der Waals surface area contributed by atoms with E-state index in [9.17, 15) is 0 Å². The fraction of sp³-hybridized carbons (Fsp3) is 0.0833. The van der Waals surface area contributed by atoms with E-state index < -0.39 is 0 Å². The van der Waals surface area contributed by atoms with Gasteiger partial charge in [0.25, 0.3) is 0 Å². The first kappa shape index (κ1) is 9.22. The van der Waals surface area contributed by atoms with Crippen molar-refractivity contribution in [2.75, 3.05) is 0 Å². The van der Waals surface area contributed by atoms with Crippen LogP contribution in [0.2, 0.25) is 5.15 Å². The van der Waals surface area contributed by atoms with Crippen molar-refractivity contribution >= 4 is 11.6 Å². The number of pyridine rings is 1. The van der Waals surface area contributed by atoms with Crippen LogP contribution in [0.5, 0.6) is 0 Å². The monoisotopic (exact) mass is 203 g/mol. The molecule has 0 aliphatic rings. The van der Waals surface area contributed by atoms with Gasteiger partial charge in [0.2, 0.25) is 0 Å². The fourth-order valence-electron chi connectivity index (χ4n) is 1.42. The maximum absolute atomic E-state index is 5.84. The smallest absolute Gasteiger partial charge is 0.129 e. The van der Waals surface area contributed by atoms with Crippen molar-refractivity contribution in [1.29, 1.82) is 0 Å². The average Bonchev–Trinajstić information content (AvgIpc) is 2.18. The minimum Gasteiger partial charge on any atom is -0.236 e. The second kappa shape index (κ2) is 3.81. The van der Waals surface area contributed by atoms with Gasteiger partial charge in [-0.25, -0.2) is 4.98 Å². The molecule has 0 fully saturated rings. The molecule has 0 radical (unpaired) electrons. The lowest BCUT2D eigenvalue weighted by Gasteiger charge is -2.04. The van der Waals surface area contributed by atoms with E-state index in [1.165, 1.54) is 5.56 Å². The molecule has 2 rings (SSSR count). The summed E-state index contributed by atoms with van der Waals surface area (Å²) in [4.78, 5) is 4.27. The topological polar surface area (TPSA) is 12.9 Å². The largest absolute Gasteiger partial charge is 0.236 e. The van der Waals surface area contributed by atoms with E-state index in [0.717, 1.165) is 11.3 Å². The van der Waals surface area contributed by atoms with E-state index >= 15 is 0 Å². The number of halogens is 1. The van der Waals surface area contributed by atoms with Crippen LogP contribution in [0.25, 0.3) is 11.3 Å². The second-order valence-electron chi connectivity index (χ2n) is 3.16. The minimum atomic E-state index is 0.533. The minimum absolute atomic E-state index is 0.533. The Balaban J connectivity index is 2.55. The van der Waals surface area contributed by atoms with Gasteiger partial charge in [-0.1, -0.05) is 41.9 Å². The van der Waals surface area contributed by atoms with Crippen LogP contribution in [0, 0.1) is 6.92 Å². The molecule has 1 aromatic heterocycles. The highest BCUT2D eigenvalue weighted by molar-refractivity contribution is 6.29. The number of aryl methyl sites for hydroxylation is 1. The molecule has 0 amide bonds. The predicted octanol–water partition coefficient (Wildman–Crippen LogP) is 3.71. The van der Waals surface area contributed by atoms with Gasteiger partial charge >= 0.3 is 0 Å².